The molecular weight excluding hydrogens is 274 g/mol. The monoisotopic (exact) mass is 293 g/mol. The van der Waals surface area contributed by atoms with E-state index in [9.17, 15) is 9.59 Å². The van der Waals surface area contributed by atoms with Crippen LogP contribution in [0.15, 0.2) is 29.2 Å². The summed E-state index contributed by atoms with van der Waals surface area (Å²) >= 11 is 1.34. The highest BCUT2D eigenvalue weighted by atomic mass is 32.2. The van der Waals surface area contributed by atoms with Gasteiger partial charge < -0.3 is 16.4 Å². The van der Waals surface area contributed by atoms with E-state index in [0.717, 1.165) is 17.1 Å². The molecule has 2 amide bonds. The van der Waals surface area contributed by atoms with Crippen molar-refractivity contribution >= 4 is 29.3 Å². The summed E-state index contributed by atoms with van der Waals surface area (Å²) in [6, 6.07) is 7.45. The summed E-state index contributed by atoms with van der Waals surface area (Å²) in [5, 5.41) is 6.17. The van der Waals surface area contributed by atoms with E-state index in [0.29, 0.717) is 12.5 Å². The molecule has 20 heavy (non-hydrogen) atoms. The van der Waals surface area contributed by atoms with Crippen molar-refractivity contribution in [2.75, 3.05) is 24.2 Å². The van der Waals surface area contributed by atoms with Gasteiger partial charge in [-0.05, 0) is 24.6 Å². The Balaban J connectivity index is 2.04. The molecule has 1 aromatic carbocycles. The standard InChI is InChI=1S/C14H19N3O2S/c1-9-6-16-7-10(9)14(19)17-11-4-2-3-5-12(11)20-8-13(15)18/h2-5,9-10,16H,6-8H2,1H3,(H2,15,18)(H,17,19). The van der Waals surface area contributed by atoms with Gasteiger partial charge in [-0.3, -0.25) is 9.59 Å². The number of para-hydroxylation sites is 1. The lowest BCUT2D eigenvalue weighted by Gasteiger charge is -2.16. The topological polar surface area (TPSA) is 84.2 Å². The van der Waals surface area contributed by atoms with Gasteiger partial charge in [0.05, 0.1) is 17.4 Å². The first-order valence-corrected chi connectivity index (χ1v) is 7.58. The second-order valence-corrected chi connectivity index (χ2v) is 6.00. The van der Waals surface area contributed by atoms with Crippen LogP contribution in [0.4, 0.5) is 5.69 Å². The van der Waals surface area contributed by atoms with Gasteiger partial charge in [-0.1, -0.05) is 19.1 Å². The Morgan fingerprint density at radius 2 is 2.15 bits per heavy atom. The average molecular weight is 293 g/mol. The average Bonchev–Trinajstić information content (AvgIpc) is 2.84. The van der Waals surface area contributed by atoms with Crippen molar-refractivity contribution in [2.45, 2.75) is 11.8 Å². The summed E-state index contributed by atoms with van der Waals surface area (Å²) in [4.78, 5) is 24.0. The quantitative estimate of drug-likeness (QED) is 0.709. The number of nitrogens with one attached hydrogen (secondary N) is 2. The van der Waals surface area contributed by atoms with Gasteiger partial charge in [0.25, 0.3) is 0 Å². The second-order valence-electron chi connectivity index (χ2n) is 4.98. The number of amides is 2. The lowest BCUT2D eigenvalue weighted by atomic mass is 9.97. The number of carbonyl (C=O) groups is 2. The van der Waals surface area contributed by atoms with Crippen LogP contribution >= 0.6 is 11.8 Å². The van der Waals surface area contributed by atoms with E-state index in [1.165, 1.54) is 11.8 Å². The highest BCUT2D eigenvalue weighted by molar-refractivity contribution is 8.00. The Hall–Kier alpha value is -1.53. The van der Waals surface area contributed by atoms with E-state index in [-0.39, 0.29) is 23.5 Å². The summed E-state index contributed by atoms with van der Waals surface area (Å²) in [5.41, 5.74) is 5.89. The molecule has 1 fully saturated rings. The molecule has 0 aromatic heterocycles. The number of primary amides is 1. The van der Waals surface area contributed by atoms with Gasteiger partial charge in [-0.2, -0.15) is 0 Å². The van der Waals surface area contributed by atoms with Crippen LogP contribution in [0.5, 0.6) is 0 Å². The van der Waals surface area contributed by atoms with Crippen LogP contribution in [0.2, 0.25) is 0 Å². The van der Waals surface area contributed by atoms with Gasteiger partial charge in [0, 0.05) is 11.4 Å². The SMILES string of the molecule is CC1CNCC1C(=O)Nc1ccccc1SCC(N)=O. The van der Waals surface area contributed by atoms with E-state index in [4.69, 9.17) is 5.73 Å². The van der Waals surface area contributed by atoms with Gasteiger partial charge >= 0.3 is 0 Å². The number of carbonyl (C=O) groups excluding carboxylic acids is 2. The molecule has 0 aliphatic carbocycles. The van der Waals surface area contributed by atoms with E-state index < -0.39 is 0 Å². The number of rotatable bonds is 5. The van der Waals surface area contributed by atoms with Gasteiger partial charge in [0.2, 0.25) is 11.8 Å². The molecule has 1 saturated heterocycles. The molecule has 4 N–H and O–H groups in total. The van der Waals surface area contributed by atoms with Crippen molar-refractivity contribution < 1.29 is 9.59 Å². The summed E-state index contributed by atoms with van der Waals surface area (Å²) < 4.78 is 0. The fourth-order valence-corrected chi connectivity index (χ4v) is 2.98. The fourth-order valence-electron chi connectivity index (χ4n) is 2.23. The Morgan fingerprint density at radius 3 is 2.80 bits per heavy atom. The molecule has 1 aliphatic heterocycles. The molecule has 0 radical (unpaired) electrons. The normalized spacial score (nSPS) is 21.6. The maximum absolute atomic E-state index is 12.3. The molecule has 5 nitrogen and oxygen atoms in total. The van der Waals surface area contributed by atoms with Crippen LogP contribution in [-0.4, -0.2) is 30.7 Å². The first-order valence-electron chi connectivity index (χ1n) is 6.59. The Labute approximate surface area is 122 Å². The minimum absolute atomic E-state index is 0.0100. The first-order chi connectivity index (χ1) is 9.58. The summed E-state index contributed by atoms with van der Waals surface area (Å²) in [6.45, 7) is 3.65. The number of anilines is 1. The zero-order chi connectivity index (χ0) is 14.5. The molecule has 2 rings (SSSR count). The van der Waals surface area contributed by atoms with Crippen LogP contribution in [0, 0.1) is 11.8 Å². The van der Waals surface area contributed by atoms with Gasteiger partial charge in [-0.25, -0.2) is 0 Å². The maximum atomic E-state index is 12.3. The van der Waals surface area contributed by atoms with Crippen LogP contribution in [0.3, 0.4) is 0 Å². The fraction of sp³-hybridized carbons (Fsp3) is 0.429. The van der Waals surface area contributed by atoms with Crippen LogP contribution in [0.25, 0.3) is 0 Å². The molecule has 108 valence electrons. The molecular formula is C14H19N3O2S. The molecule has 2 atom stereocenters. The highest BCUT2D eigenvalue weighted by Crippen LogP contribution is 2.28. The Bertz CT molecular complexity index is 507. The van der Waals surface area contributed by atoms with Gasteiger partial charge in [0.15, 0.2) is 0 Å². The molecule has 0 bridgehead atoms. The zero-order valence-corrected chi connectivity index (χ0v) is 12.2. The summed E-state index contributed by atoms with van der Waals surface area (Å²) in [6.07, 6.45) is 0. The molecule has 6 heteroatoms. The number of hydrogen-bond donors (Lipinski definition) is 3. The van der Waals surface area contributed by atoms with Crippen molar-refractivity contribution in [1.29, 1.82) is 0 Å². The number of benzene rings is 1. The third-order valence-electron chi connectivity index (χ3n) is 3.37. The predicted octanol–water partition coefficient (Wildman–Crippen LogP) is 1.06. The molecule has 0 spiro atoms. The van der Waals surface area contributed by atoms with Crippen molar-refractivity contribution in [2.24, 2.45) is 17.6 Å². The number of thioether (sulfide) groups is 1. The number of nitrogens with two attached hydrogens (primary N) is 1. The van der Waals surface area contributed by atoms with E-state index in [1.54, 1.807) is 0 Å². The minimum Gasteiger partial charge on any atom is -0.369 e. The zero-order valence-electron chi connectivity index (χ0n) is 11.4. The molecule has 1 aromatic rings. The Kier molecular flexibility index (Phi) is 5.03. The first kappa shape index (κ1) is 14.9. The van der Waals surface area contributed by atoms with E-state index in [1.807, 2.05) is 24.3 Å². The maximum Gasteiger partial charge on any atom is 0.229 e. The van der Waals surface area contributed by atoms with Crippen LogP contribution < -0.4 is 16.4 Å². The number of hydrogen-bond acceptors (Lipinski definition) is 4. The largest absolute Gasteiger partial charge is 0.369 e. The lowest BCUT2D eigenvalue weighted by Crippen LogP contribution is -2.28. The van der Waals surface area contributed by atoms with Crippen LogP contribution in [-0.2, 0) is 9.59 Å². The van der Waals surface area contributed by atoms with E-state index in [2.05, 4.69) is 17.6 Å². The molecule has 2 unspecified atom stereocenters. The molecule has 0 saturated carbocycles. The van der Waals surface area contributed by atoms with Crippen molar-refractivity contribution in [3.05, 3.63) is 24.3 Å². The van der Waals surface area contributed by atoms with Crippen molar-refractivity contribution in [1.82, 2.24) is 5.32 Å². The molecule has 1 aliphatic rings. The molecule has 1 heterocycles. The second kappa shape index (κ2) is 6.76. The van der Waals surface area contributed by atoms with Crippen molar-refractivity contribution in [3.8, 4) is 0 Å². The minimum atomic E-state index is -0.371. The summed E-state index contributed by atoms with van der Waals surface area (Å²) in [5.74, 6) is 0.179. The Morgan fingerprint density at radius 1 is 1.40 bits per heavy atom. The lowest BCUT2D eigenvalue weighted by molar-refractivity contribution is -0.120. The van der Waals surface area contributed by atoms with Gasteiger partial charge in [-0.15, -0.1) is 11.8 Å². The predicted molar refractivity (Wildman–Crippen MR) is 80.5 cm³/mol. The van der Waals surface area contributed by atoms with Crippen molar-refractivity contribution in [3.63, 3.8) is 0 Å². The summed E-state index contributed by atoms with van der Waals surface area (Å²) in [7, 11) is 0. The third-order valence-corrected chi connectivity index (χ3v) is 4.46. The smallest absolute Gasteiger partial charge is 0.229 e. The van der Waals surface area contributed by atoms with Crippen LogP contribution in [0.1, 0.15) is 6.92 Å². The highest BCUT2D eigenvalue weighted by Gasteiger charge is 2.29. The third kappa shape index (κ3) is 3.74. The van der Waals surface area contributed by atoms with E-state index >= 15 is 0 Å². The van der Waals surface area contributed by atoms with Gasteiger partial charge in [0.1, 0.15) is 0 Å².